The van der Waals surface area contributed by atoms with Crippen LogP contribution in [0.25, 0.3) is 11.6 Å². The Bertz CT molecular complexity index is 965. The first-order valence-electron chi connectivity index (χ1n) is 9.83. The van der Waals surface area contributed by atoms with E-state index in [4.69, 9.17) is 14.0 Å². The Morgan fingerprint density at radius 3 is 2.74 bits per heavy atom. The number of aliphatic imine (C=N–C) groups is 1. The molecule has 0 radical (unpaired) electrons. The number of nitrogens with zero attached hydrogens (tertiary/aromatic N) is 4. The highest BCUT2D eigenvalue weighted by Crippen LogP contribution is 2.30. The van der Waals surface area contributed by atoms with Crippen LogP contribution in [0, 0.1) is 0 Å². The molecule has 0 amide bonds. The van der Waals surface area contributed by atoms with E-state index in [1.807, 2.05) is 50.2 Å². The van der Waals surface area contributed by atoms with Gasteiger partial charge in [-0.25, -0.2) is 0 Å². The van der Waals surface area contributed by atoms with Crippen molar-refractivity contribution in [3.8, 4) is 23.1 Å². The number of ether oxygens (including phenoxy) is 2. The standard InChI is InChI=1S/C21H26N6O3.HI/c1-4-22-21(25-15-9-10-17(28-3)18(14-15)29-5-2)24-13-11-19-26-20(30-27-19)16-8-6-7-12-23-16;/h6-10,12,14H,4-5,11,13H2,1-3H3,(H2,22,24,25);1H. The number of methoxy groups -OCH3 is 1. The Balaban J connectivity index is 0.00000341. The van der Waals surface area contributed by atoms with E-state index in [-0.39, 0.29) is 24.0 Å². The molecular formula is C21H27IN6O3. The Kier molecular flexibility index (Phi) is 10.0. The summed E-state index contributed by atoms with van der Waals surface area (Å²) < 4.78 is 16.2. The van der Waals surface area contributed by atoms with E-state index >= 15 is 0 Å². The lowest BCUT2D eigenvalue weighted by atomic mass is 10.2. The van der Waals surface area contributed by atoms with Crippen molar-refractivity contribution in [2.45, 2.75) is 20.3 Å². The molecule has 0 spiro atoms. The molecule has 2 aromatic heterocycles. The molecule has 0 atom stereocenters. The van der Waals surface area contributed by atoms with Crippen LogP contribution in [0.5, 0.6) is 11.5 Å². The van der Waals surface area contributed by atoms with E-state index < -0.39 is 0 Å². The van der Waals surface area contributed by atoms with Crippen LogP contribution in [0.15, 0.2) is 52.1 Å². The third-order valence-corrected chi connectivity index (χ3v) is 4.03. The maximum atomic E-state index is 5.63. The van der Waals surface area contributed by atoms with Crippen LogP contribution in [0.4, 0.5) is 5.69 Å². The van der Waals surface area contributed by atoms with Gasteiger partial charge in [-0.15, -0.1) is 24.0 Å². The van der Waals surface area contributed by atoms with E-state index in [9.17, 15) is 0 Å². The number of anilines is 1. The van der Waals surface area contributed by atoms with Crippen LogP contribution in [0.1, 0.15) is 19.7 Å². The van der Waals surface area contributed by atoms with Crippen LogP contribution in [-0.4, -0.2) is 47.9 Å². The summed E-state index contributed by atoms with van der Waals surface area (Å²) in [6, 6.07) is 11.2. The van der Waals surface area contributed by atoms with E-state index in [1.54, 1.807) is 13.3 Å². The Hall–Kier alpha value is -2.89. The first-order chi connectivity index (χ1) is 14.7. The second-order valence-corrected chi connectivity index (χ2v) is 6.17. The fourth-order valence-corrected chi connectivity index (χ4v) is 2.68. The van der Waals surface area contributed by atoms with Gasteiger partial charge in [-0.1, -0.05) is 11.2 Å². The van der Waals surface area contributed by atoms with Crippen LogP contribution in [-0.2, 0) is 6.42 Å². The number of rotatable bonds is 9. The molecule has 0 bridgehead atoms. The second kappa shape index (κ2) is 12.7. The smallest absolute Gasteiger partial charge is 0.276 e. The quantitative estimate of drug-likeness (QED) is 0.241. The van der Waals surface area contributed by atoms with Gasteiger partial charge in [0.05, 0.1) is 13.7 Å². The van der Waals surface area contributed by atoms with Crippen molar-refractivity contribution < 1.29 is 14.0 Å². The van der Waals surface area contributed by atoms with Gasteiger partial charge in [0.2, 0.25) is 0 Å². The summed E-state index contributed by atoms with van der Waals surface area (Å²) in [5.74, 6) is 3.00. The molecule has 0 fully saturated rings. The summed E-state index contributed by atoms with van der Waals surface area (Å²) in [7, 11) is 1.62. The molecule has 2 N–H and O–H groups in total. The Labute approximate surface area is 198 Å². The van der Waals surface area contributed by atoms with Crippen molar-refractivity contribution in [3.05, 3.63) is 48.4 Å². The van der Waals surface area contributed by atoms with Gasteiger partial charge in [0, 0.05) is 37.5 Å². The third kappa shape index (κ3) is 7.09. The number of hydrogen-bond donors (Lipinski definition) is 2. The summed E-state index contributed by atoms with van der Waals surface area (Å²) in [6.45, 7) is 5.72. The summed E-state index contributed by atoms with van der Waals surface area (Å²) in [6.07, 6.45) is 2.23. The number of hydrogen-bond acceptors (Lipinski definition) is 7. The normalized spacial score (nSPS) is 10.9. The minimum Gasteiger partial charge on any atom is -0.493 e. The lowest BCUT2D eigenvalue weighted by molar-refractivity contribution is 0.311. The summed E-state index contributed by atoms with van der Waals surface area (Å²) >= 11 is 0. The lowest BCUT2D eigenvalue weighted by Gasteiger charge is -2.14. The van der Waals surface area contributed by atoms with Crippen LogP contribution >= 0.6 is 24.0 Å². The molecule has 0 aliphatic heterocycles. The number of pyridine rings is 1. The number of nitrogens with one attached hydrogen (secondary N) is 2. The Morgan fingerprint density at radius 2 is 2.03 bits per heavy atom. The molecule has 1 aromatic carbocycles. The monoisotopic (exact) mass is 538 g/mol. The van der Waals surface area contributed by atoms with Crippen molar-refractivity contribution in [1.82, 2.24) is 20.4 Å². The summed E-state index contributed by atoms with van der Waals surface area (Å²) in [5.41, 5.74) is 1.50. The van der Waals surface area contributed by atoms with E-state index in [0.717, 1.165) is 12.2 Å². The van der Waals surface area contributed by atoms with Gasteiger partial charge in [-0.3, -0.25) is 9.98 Å². The molecule has 3 rings (SSSR count). The number of halogens is 1. The highest BCUT2D eigenvalue weighted by atomic mass is 127. The molecule has 166 valence electrons. The Morgan fingerprint density at radius 1 is 1.16 bits per heavy atom. The molecule has 3 aromatic rings. The van der Waals surface area contributed by atoms with Gasteiger partial charge in [0.15, 0.2) is 23.3 Å². The lowest BCUT2D eigenvalue weighted by Crippen LogP contribution is -2.31. The predicted octanol–water partition coefficient (Wildman–Crippen LogP) is 3.78. The largest absolute Gasteiger partial charge is 0.493 e. The van der Waals surface area contributed by atoms with Crippen molar-refractivity contribution in [3.63, 3.8) is 0 Å². The molecule has 0 saturated heterocycles. The van der Waals surface area contributed by atoms with Gasteiger partial charge in [-0.05, 0) is 38.1 Å². The molecule has 0 saturated carbocycles. The predicted molar refractivity (Wildman–Crippen MR) is 130 cm³/mol. The third-order valence-electron chi connectivity index (χ3n) is 4.03. The topological polar surface area (TPSA) is 107 Å². The molecule has 9 nitrogen and oxygen atoms in total. The summed E-state index contributed by atoms with van der Waals surface area (Å²) in [4.78, 5) is 13.2. The number of aromatic nitrogens is 3. The molecule has 0 aliphatic carbocycles. The number of guanidine groups is 1. The zero-order valence-corrected chi connectivity index (χ0v) is 20.1. The average Bonchev–Trinajstić information content (AvgIpc) is 3.24. The van der Waals surface area contributed by atoms with E-state index in [2.05, 4.69) is 30.8 Å². The molecule has 10 heteroatoms. The molecule has 2 heterocycles. The van der Waals surface area contributed by atoms with Crippen LogP contribution in [0.2, 0.25) is 0 Å². The molecule has 31 heavy (non-hydrogen) atoms. The zero-order valence-electron chi connectivity index (χ0n) is 17.8. The highest BCUT2D eigenvalue weighted by molar-refractivity contribution is 14.0. The summed E-state index contributed by atoms with van der Waals surface area (Å²) in [5, 5.41) is 10.5. The number of benzene rings is 1. The molecular weight excluding hydrogens is 511 g/mol. The SMILES string of the molecule is CCNC(=NCCc1noc(-c2ccccn2)n1)Nc1ccc(OC)c(OCC)c1.I. The average molecular weight is 538 g/mol. The first kappa shape index (κ1) is 24.4. The van der Waals surface area contributed by atoms with Crippen molar-refractivity contribution >= 4 is 35.6 Å². The van der Waals surface area contributed by atoms with Crippen LogP contribution in [0.3, 0.4) is 0 Å². The van der Waals surface area contributed by atoms with Gasteiger partial charge < -0.3 is 24.6 Å². The van der Waals surface area contributed by atoms with Gasteiger partial charge in [-0.2, -0.15) is 4.98 Å². The maximum absolute atomic E-state index is 5.63. The van der Waals surface area contributed by atoms with E-state index in [1.165, 1.54) is 0 Å². The van der Waals surface area contributed by atoms with Crippen molar-refractivity contribution in [1.29, 1.82) is 0 Å². The van der Waals surface area contributed by atoms with Crippen LogP contribution < -0.4 is 20.1 Å². The van der Waals surface area contributed by atoms with E-state index in [0.29, 0.717) is 54.4 Å². The fourth-order valence-electron chi connectivity index (χ4n) is 2.68. The first-order valence-corrected chi connectivity index (χ1v) is 9.83. The van der Waals surface area contributed by atoms with Crippen molar-refractivity contribution in [2.75, 3.05) is 32.1 Å². The highest BCUT2D eigenvalue weighted by Gasteiger charge is 2.10. The fraction of sp³-hybridized carbons (Fsp3) is 0.333. The second-order valence-electron chi connectivity index (χ2n) is 6.17. The minimum absolute atomic E-state index is 0. The maximum Gasteiger partial charge on any atom is 0.276 e. The van der Waals surface area contributed by atoms with Gasteiger partial charge in [0.25, 0.3) is 5.89 Å². The zero-order chi connectivity index (χ0) is 21.2. The minimum atomic E-state index is 0. The molecule has 0 unspecified atom stereocenters. The van der Waals surface area contributed by atoms with Gasteiger partial charge >= 0.3 is 0 Å². The van der Waals surface area contributed by atoms with Crippen molar-refractivity contribution in [2.24, 2.45) is 4.99 Å². The molecule has 0 aliphatic rings. The van der Waals surface area contributed by atoms with Gasteiger partial charge in [0.1, 0.15) is 5.69 Å².